The maximum atomic E-state index is 2.81. The monoisotopic (exact) mass is 165 g/mol. The van der Waals surface area contributed by atoms with E-state index < -0.39 is 0 Å². The minimum atomic E-state index is 0.898. The van der Waals surface area contributed by atoms with Gasteiger partial charge in [-0.2, -0.15) is 0 Å². The zero-order chi connectivity index (χ0) is 8.13. The molecule has 0 aromatic carbocycles. The molecular weight excluding hydrogens is 146 g/mol. The number of piperidine rings is 1. The normalized spacial score (nSPS) is 57.2. The van der Waals surface area contributed by atoms with Gasteiger partial charge in [0.05, 0.1) is 0 Å². The molecule has 2 heterocycles. The molecular formula is C11H19N. The highest BCUT2D eigenvalue weighted by Gasteiger charge is 2.47. The summed E-state index contributed by atoms with van der Waals surface area (Å²) in [6.45, 7) is 3.87. The lowest BCUT2D eigenvalue weighted by molar-refractivity contribution is 0.151. The van der Waals surface area contributed by atoms with Crippen molar-refractivity contribution in [3.8, 4) is 0 Å². The first-order valence-electron chi connectivity index (χ1n) is 5.62. The van der Waals surface area contributed by atoms with E-state index >= 15 is 0 Å². The average molecular weight is 165 g/mol. The Hall–Kier alpha value is -0.0400. The van der Waals surface area contributed by atoms with Crippen LogP contribution in [0.15, 0.2) is 0 Å². The van der Waals surface area contributed by atoms with Gasteiger partial charge in [0.25, 0.3) is 0 Å². The molecule has 2 bridgehead atoms. The van der Waals surface area contributed by atoms with Crippen LogP contribution in [-0.2, 0) is 0 Å². The number of nitrogens with zero attached hydrogens (tertiary/aromatic N) is 1. The Bertz CT molecular complexity index is 189. The molecule has 5 atom stereocenters. The highest BCUT2D eigenvalue weighted by Crippen LogP contribution is 2.47. The first-order chi connectivity index (χ1) is 5.86. The van der Waals surface area contributed by atoms with Crippen LogP contribution < -0.4 is 0 Å². The van der Waals surface area contributed by atoms with Crippen molar-refractivity contribution in [3.05, 3.63) is 0 Å². The van der Waals surface area contributed by atoms with E-state index in [1.54, 1.807) is 6.42 Å². The molecule has 12 heavy (non-hydrogen) atoms. The first kappa shape index (κ1) is 7.37. The standard InChI is InChI=1S/C11H19N/c1-8-5-6-9-7-12(8)11-4-2-3-10(9)11/h8-11H,2-7H2,1H3. The third-order valence-electron chi connectivity index (χ3n) is 4.53. The summed E-state index contributed by atoms with van der Waals surface area (Å²) in [5, 5.41) is 0. The Kier molecular flexibility index (Phi) is 1.52. The summed E-state index contributed by atoms with van der Waals surface area (Å²) in [6, 6.07) is 1.90. The van der Waals surface area contributed by atoms with Gasteiger partial charge in [0.15, 0.2) is 0 Å². The van der Waals surface area contributed by atoms with E-state index in [0.717, 1.165) is 23.9 Å². The molecule has 0 aromatic rings. The molecule has 1 nitrogen and oxygen atoms in total. The van der Waals surface area contributed by atoms with Crippen LogP contribution in [0, 0.1) is 11.8 Å². The SMILES string of the molecule is CC1CCC2CN1C1CCCC21. The van der Waals surface area contributed by atoms with Gasteiger partial charge in [-0.3, -0.25) is 4.90 Å². The summed E-state index contributed by atoms with van der Waals surface area (Å²) in [4.78, 5) is 2.81. The van der Waals surface area contributed by atoms with Crippen LogP contribution in [0.25, 0.3) is 0 Å². The highest BCUT2D eigenvalue weighted by atomic mass is 15.2. The van der Waals surface area contributed by atoms with Crippen LogP contribution in [0.5, 0.6) is 0 Å². The Morgan fingerprint density at radius 1 is 1.08 bits per heavy atom. The number of fused-ring (bicyclic) bond motifs is 5. The second kappa shape index (κ2) is 2.47. The van der Waals surface area contributed by atoms with Crippen LogP contribution in [0.4, 0.5) is 0 Å². The van der Waals surface area contributed by atoms with E-state index in [9.17, 15) is 0 Å². The molecule has 1 saturated carbocycles. The molecule has 68 valence electrons. The fourth-order valence-electron chi connectivity index (χ4n) is 3.91. The third kappa shape index (κ3) is 0.834. The van der Waals surface area contributed by atoms with E-state index in [2.05, 4.69) is 11.8 Å². The fourth-order valence-corrected chi connectivity index (χ4v) is 3.91. The number of rotatable bonds is 0. The Balaban J connectivity index is 1.88. The van der Waals surface area contributed by atoms with E-state index in [4.69, 9.17) is 0 Å². The average Bonchev–Trinajstić information content (AvgIpc) is 2.59. The molecule has 1 aliphatic carbocycles. The molecule has 2 aliphatic heterocycles. The van der Waals surface area contributed by atoms with Gasteiger partial charge in [-0.25, -0.2) is 0 Å². The Morgan fingerprint density at radius 3 is 2.92 bits per heavy atom. The zero-order valence-corrected chi connectivity index (χ0v) is 8.00. The van der Waals surface area contributed by atoms with Gasteiger partial charge in [0.1, 0.15) is 0 Å². The summed E-state index contributed by atoms with van der Waals surface area (Å²) >= 11 is 0. The maximum Gasteiger partial charge on any atom is 0.0130 e. The zero-order valence-electron chi connectivity index (χ0n) is 8.00. The molecule has 3 rings (SSSR count). The van der Waals surface area contributed by atoms with Crippen molar-refractivity contribution in [2.24, 2.45) is 11.8 Å². The van der Waals surface area contributed by atoms with Crippen LogP contribution in [-0.4, -0.2) is 23.5 Å². The molecule has 5 unspecified atom stereocenters. The van der Waals surface area contributed by atoms with Gasteiger partial charge in [-0.05, 0) is 44.4 Å². The minimum absolute atomic E-state index is 0.898. The van der Waals surface area contributed by atoms with Crippen molar-refractivity contribution < 1.29 is 0 Å². The summed E-state index contributed by atoms with van der Waals surface area (Å²) in [5.74, 6) is 2.20. The molecule has 0 N–H and O–H groups in total. The van der Waals surface area contributed by atoms with Gasteiger partial charge < -0.3 is 0 Å². The molecule has 3 aliphatic rings. The molecule has 1 heteroatoms. The van der Waals surface area contributed by atoms with Crippen LogP contribution >= 0.6 is 0 Å². The predicted molar refractivity (Wildman–Crippen MR) is 50.0 cm³/mol. The third-order valence-corrected chi connectivity index (χ3v) is 4.53. The van der Waals surface area contributed by atoms with Gasteiger partial charge >= 0.3 is 0 Å². The second-order valence-corrected chi connectivity index (χ2v) is 5.05. The first-order valence-corrected chi connectivity index (χ1v) is 5.62. The summed E-state index contributed by atoms with van der Waals surface area (Å²) in [6.07, 6.45) is 7.55. The highest BCUT2D eigenvalue weighted by molar-refractivity contribution is 5.01. The minimum Gasteiger partial charge on any atom is -0.297 e. The summed E-state index contributed by atoms with van der Waals surface area (Å²) < 4.78 is 0. The quantitative estimate of drug-likeness (QED) is 0.532. The van der Waals surface area contributed by atoms with Crippen LogP contribution in [0.1, 0.15) is 39.0 Å². The summed E-state index contributed by atoms with van der Waals surface area (Å²) in [5.41, 5.74) is 0. The number of hydrogen-bond donors (Lipinski definition) is 0. The van der Waals surface area contributed by atoms with Gasteiger partial charge in [0.2, 0.25) is 0 Å². The molecule has 0 spiro atoms. The van der Waals surface area contributed by atoms with Gasteiger partial charge in [0, 0.05) is 18.6 Å². The molecule has 0 amide bonds. The molecule has 0 aromatic heterocycles. The van der Waals surface area contributed by atoms with Gasteiger partial charge in [-0.15, -0.1) is 0 Å². The van der Waals surface area contributed by atoms with E-state index in [1.807, 2.05) is 0 Å². The Labute approximate surface area is 75.1 Å². The smallest absolute Gasteiger partial charge is 0.0130 e. The maximum absolute atomic E-state index is 2.81. The molecule has 0 radical (unpaired) electrons. The van der Waals surface area contributed by atoms with Crippen LogP contribution in [0.3, 0.4) is 0 Å². The Morgan fingerprint density at radius 2 is 2.00 bits per heavy atom. The fraction of sp³-hybridized carbons (Fsp3) is 1.00. The second-order valence-electron chi connectivity index (χ2n) is 5.05. The van der Waals surface area contributed by atoms with Crippen molar-refractivity contribution >= 4 is 0 Å². The molecule has 3 fully saturated rings. The summed E-state index contributed by atoms with van der Waals surface area (Å²) in [7, 11) is 0. The lowest BCUT2D eigenvalue weighted by Gasteiger charge is -2.32. The van der Waals surface area contributed by atoms with Crippen molar-refractivity contribution in [2.75, 3.05) is 6.54 Å². The van der Waals surface area contributed by atoms with E-state index in [1.165, 1.54) is 32.2 Å². The van der Waals surface area contributed by atoms with E-state index in [-0.39, 0.29) is 0 Å². The van der Waals surface area contributed by atoms with Crippen molar-refractivity contribution in [1.29, 1.82) is 0 Å². The molecule has 2 saturated heterocycles. The van der Waals surface area contributed by atoms with Crippen molar-refractivity contribution in [3.63, 3.8) is 0 Å². The lowest BCUT2D eigenvalue weighted by atomic mass is 9.88. The largest absolute Gasteiger partial charge is 0.297 e. The predicted octanol–water partition coefficient (Wildman–Crippen LogP) is 2.27. The topological polar surface area (TPSA) is 3.24 Å². The lowest BCUT2D eigenvalue weighted by Crippen LogP contribution is -2.39. The van der Waals surface area contributed by atoms with Gasteiger partial charge in [-0.1, -0.05) is 6.42 Å². The van der Waals surface area contributed by atoms with Crippen molar-refractivity contribution in [2.45, 2.75) is 51.1 Å². The van der Waals surface area contributed by atoms with Crippen LogP contribution in [0.2, 0.25) is 0 Å². The number of hydrogen-bond acceptors (Lipinski definition) is 1. The van der Waals surface area contributed by atoms with E-state index in [0.29, 0.717) is 0 Å². The van der Waals surface area contributed by atoms with Crippen molar-refractivity contribution in [1.82, 2.24) is 4.90 Å².